The maximum absolute atomic E-state index is 11.3. The fourth-order valence-electron chi connectivity index (χ4n) is 0.277. The van der Waals surface area contributed by atoms with Crippen molar-refractivity contribution >= 4 is 0 Å². The molecule has 0 aromatic rings. The van der Waals surface area contributed by atoms with Crippen LogP contribution in [0.15, 0.2) is 0 Å². The molecule has 0 amide bonds. The Kier molecular flexibility index (Phi) is 2.93. The molecule has 9 heavy (non-hydrogen) atoms. The van der Waals surface area contributed by atoms with Crippen LogP contribution in [0.2, 0.25) is 0 Å². The average Bonchev–Trinajstić information content (AvgIpc) is 1.59. The van der Waals surface area contributed by atoms with E-state index in [9.17, 15) is 13.2 Å². The second-order valence-corrected chi connectivity index (χ2v) is 1.78. The first-order valence-corrected chi connectivity index (χ1v) is 2.47. The largest absolute Gasteiger partial charge is 0.401 e. The topological polar surface area (TPSA) is 38.0 Å². The Labute approximate surface area is 51.2 Å². The molecule has 0 aromatic heterocycles. The van der Waals surface area contributed by atoms with Gasteiger partial charge in [-0.1, -0.05) is 0 Å². The van der Waals surface area contributed by atoms with Gasteiger partial charge in [0.05, 0.1) is 12.7 Å². The predicted octanol–water partition coefficient (Wildman–Crippen LogP) is 0.443. The second kappa shape index (κ2) is 3.03. The third-order valence-electron chi connectivity index (χ3n) is 0.624. The molecule has 0 aromatic carbocycles. The molecule has 56 valence electrons. The van der Waals surface area contributed by atoms with E-state index in [0.717, 1.165) is 0 Å². The van der Waals surface area contributed by atoms with Crippen molar-refractivity contribution < 1.29 is 13.2 Å². The molecular weight excluding hydrogens is 133 g/mol. The molecule has 0 spiro atoms. The van der Waals surface area contributed by atoms with Gasteiger partial charge in [0, 0.05) is 0 Å². The van der Waals surface area contributed by atoms with Crippen molar-refractivity contribution in [1.82, 2.24) is 5.32 Å². The zero-order chi connectivity index (χ0) is 7.49. The molecule has 0 aliphatic heterocycles. The Hall–Kier alpha value is -0.290. The zero-order valence-corrected chi connectivity index (χ0v) is 5.00. The molecule has 0 aliphatic carbocycles. The van der Waals surface area contributed by atoms with Crippen LogP contribution in [0.25, 0.3) is 0 Å². The Balaban J connectivity index is 3.28. The molecule has 3 N–H and O–H groups in total. The van der Waals surface area contributed by atoms with Crippen LogP contribution in [0.4, 0.5) is 13.2 Å². The van der Waals surface area contributed by atoms with E-state index >= 15 is 0 Å². The van der Waals surface area contributed by atoms with Crippen LogP contribution < -0.4 is 11.1 Å². The highest BCUT2D eigenvalue weighted by Gasteiger charge is 2.26. The van der Waals surface area contributed by atoms with Gasteiger partial charge in [-0.25, -0.2) is 0 Å². The number of hydrogen-bond donors (Lipinski definition) is 2. The fourth-order valence-corrected chi connectivity index (χ4v) is 0.277. The lowest BCUT2D eigenvalue weighted by Crippen LogP contribution is -2.40. The summed E-state index contributed by atoms with van der Waals surface area (Å²) >= 11 is 0. The van der Waals surface area contributed by atoms with E-state index in [-0.39, 0.29) is 0 Å². The molecule has 2 nitrogen and oxygen atoms in total. The molecule has 0 fully saturated rings. The van der Waals surface area contributed by atoms with Crippen LogP contribution in [0, 0.1) is 0 Å². The smallest absolute Gasteiger partial charge is 0.316 e. The molecule has 0 saturated heterocycles. The summed E-state index contributed by atoms with van der Waals surface area (Å²) in [7, 11) is 0. The molecule has 0 heterocycles. The third kappa shape index (κ3) is 7.71. The summed E-state index contributed by atoms with van der Waals surface area (Å²) in [5.41, 5.74) is 4.99. The minimum atomic E-state index is -4.16. The summed E-state index contributed by atoms with van der Waals surface area (Å²) in [6, 6.07) is 0. The van der Waals surface area contributed by atoms with Gasteiger partial charge < -0.3 is 5.73 Å². The summed E-state index contributed by atoms with van der Waals surface area (Å²) in [6.07, 6.45) is -4.76. The SMILES string of the molecule is CC(N)NCC(F)(F)F. The highest BCUT2D eigenvalue weighted by molar-refractivity contribution is 4.57. The van der Waals surface area contributed by atoms with Crippen molar-refractivity contribution in [3.8, 4) is 0 Å². The van der Waals surface area contributed by atoms with Crippen LogP contribution in [0.1, 0.15) is 6.92 Å². The summed E-state index contributed by atoms with van der Waals surface area (Å²) in [4.78, 5) is 0. The number of nitrogens with one attached hydrogen (secondary N) is 1. The first kappa shape index (κ1) is 8.71. The van der Waals surface area contributed by atoms with E-state index in [1.54, 1.807) is 0 Å². The number of nitrogens with two attached hydrogens (primary N) is 1. The van der Waals surface area contributed by atoms with Gasteiger partial charge in [-0.05, 0) is 6.92 Å². The van der Waals surface area contributed by atoms with Crippen molar-refractivity contribution in [1.29, 1.82) is 0 Å². The Morgan fingerprint density at radius 3 is 2.11 bits per heavy atom. The summed E-state index contributed by atoms with van der Waals surface area (Å²) in [5.74, 6) is 0. The first-order chi connectivity index (χ1) is 3.92. The van der Waals surface area contributed by atoms with Crippen LogP contribution in [0.5, 0.6) is 0 Å². The van der Waals surface area contributed by atoms with Gasteiger partial charge in [0.15, 0.2) is 0 Å². The minimum Gasteiger partial charge on any atom is -0.316 e. The van der Waals surface area contributed by atoms with Gasteiger partial charge in [-0.15, -0.1) is 0 Å². The Bertz CT molecular complexity index is 78.4. The molecule has 5 heteroatoms. The van der Waals surface area contributed by atoms with Gasteiger partial charge in [-0.3, -0.25) is 5.32 Å². The second-order valence-electron chi connectivity index (χ2n) is 1.78. The lowest BCUT2D eigenvalue weighted by molar-refractivity contribution is -0.125. The number of rotatable bonds is 2. The number of halogens is 3. The average molecular weight is 142 g/mol. The van der Waals surface area contributed by atoms with E-state index < -0.39 is 18.9 Å². The summed E-state index contributed by atoms with van der Waals surface area (Å²) in [5, 5.41) is 2.04. The molecule has 0 bridgehead atoms. The monoisotopic (exact) mass is 142 g/mol. The van der Waals surface area contributed by atoms with Crippen molar-refractivity contribution in [3.63, 3.8) is 0 Å². The van der Waals surface area contributed by atoms with Gasteiger partial charge in [-0.2, -0.15) is 13.2 Å². The quantitative estimate of drug-likeness (QED) is 0.549. The highest BCUT2D eigenvalue weighted by Crippen LogP contribution is 2.11. The normalized spacial score (nSPS) is 15.7. The van der Waals surface area contributed by atoms with Gasteiger partial charge in [0.25, 0.3) is 0 Å². The third-order valence-corrected chi connectivity index (χ3v) is 0.624. The lowest BCUT2D eigenvalue weighted by atomic mass is 10.5. The fraction of sp³-hybridized carbons (Fsp3) is 1.00. The van der Waals surface area contributed by atoms with Crippen LogP contribution >= 0.6 is 0 Å². The maximum Gasteiger partial charge on any atom is 0.401 e. The molecule has 1 unspecified atom stereocenters. The van der Waals surface area contributed by atoms with Gasteiger partial charge >= 0.3 is 6.18 Å². The predicted molar refractivity (Wildman–Crippen MR) is 27.7 cm³/mol. The van der Waals surface area contributed by atoms with Crippen molar-refractivity contribution in [3.05, 3.63) is 0 Å². The molecule has 0 saturated carbocycles. The van der Waals surface area contributed by atoms with Crippen molar-refractivity contribution in [2.75, 3.05) is 6.54 Å². The van der Waals surface area contributed by atoms with Crippen LogP contribution in [-0.4, -0.2) is 18.9 Å². The van der Waals surface area contributed by atoms with Crippen molar-refractivity contribution in [2.45, 2.75) is 19.3 Å². The number of hydrogen-bond acceptors (Lipinski definition) is 2. The van der Waals surface area contributed by atoms with Crippen molar-refractivity contribution in [2.24, 2.45) is 5.73 Å². The maximum atomic E-state index is 11.3. The Morgan fingerprint density at radius 2 is 2.00 bits per heavy atom. The molecule has 0 aliphatic rings. The first-order valence-electron chi connectivity index (χ1n) is 2.47. The van der Waals surface area contributed by atoms with E-state index in [1.807, 2.05) is 5.32 Å². The summed E-state index contributed by atoms with van der Waals surface area (Å²) < 4.78 is 33.9. The Morgan fingerprint density at radius 1 is 1.56 bits per heavy atom. The van der Waals surface area contributed by atoms with Crippen LogP contribution in [-0.2, 0) is 0 Å². The standard InChI is InChI=1S/C4H9F3N2/c1-3(8)9-2-4(5,6)7/h3,9H,2,8H2,1H3. The zero-order valence-electron chi connectivity index (χ0n) is 5.00. The van der Waals surface area contributed by atoms with Gasteiger partial charge in [0.2, 0.25) is 0 Å². The van der Waals surface area contributed by atoms with E-state index in [1.165, 1.54) is 6.92 Å². The van der Waals surface area contributed by atoms with Gasteiger partial charge in [0.1, 0.15) is 0 Å². The summed E-state index contributed by atoms with van der Waals surface area (Å²) in [6.45, 7) is 0.427. The molecule has 1 atom stereocenters. The molecule has 0 radical (unpaired) electrons. The van der Waals surface area contributed by atoms with E-state index in [4.69, 9.17) is 5.73 Å². The van der Waals surface area contributed by atoms with Crippen LogP contribution in [0.3, 0.4) is 0 Å². The van der Waals surface area contributed by atoms with E-state index in [2.05, 4.69) is 0 Å². The lowest BCUT2D eigenvalue weighted by Gasteiger charge is -2.09. The molecule has 0 rings (SSSR count). The highest BCUT2D eigenvalue weighted by atomic mass is 19.4. The minimum absolute atomic E-state index is 0.605. The van der Waals surface area contributed by atoms with E-state index in [0.29, 0.717) is 0 Å². The number of alkyl halides is 3. The molecular formula is C4H9F3N2.